The van der Waals surface area contributed by atoms with Gasteiger partial charge in [0.05, 0.1) is 24.5 Å². The zero-order valence-electron chi connectivity index (χ0n) is 24.3. The van der Waals surface area contributed by atoms with E-state index in [4.69, 9.17) is 0 Å². The Hall–Kier alpha value is -0.910. The van der Waals surface area contributed by atoms with Crippen LogP contribution in [0.25, 0.3) is 0 Å². The maximum Gasteiger partial charge on any atom is 0.124 e. The molecular formula is C31H57NO3S. The van der Waals surface area contributed by atoms with E-state index in [2.05, 4.69) is 34.6 Å². The van der Waals surface area contributed by atoms with Crippen LogP contribution < -0.4 is 0 Å². The average molecular weight is 524 g/mol. The van der Waals surface area contributed by atoms with Crippen LogP contribution in [0.1, 0.15) is 148 Å². The van der Waals surface area contributed by atoms with Crippen molar-refractivity contribution >= 4 is 10.1 Å². The molecule has 1 rings (SSSR count). The predicted octanol–water partition coefficient (Wildman–Crippen LogP) is 9.08. The molecule has 1 atom stereocenters. The summed E-state index contributed by atoms with van der Waals surface area (Å²) in [7, 11) is -4.48. The molecule has 0 radical (unpaired) electrons. The van der Waals surface area contributed by atoms with Gasteiger partial charge in [-0.25, -0.2) is 8.42 Å². The van der Waals surface area contributed by atoms with Crippen LogP contribution in [-0.4, -0.2) is 37.1 Å². The number of nitrogens with zero attached hydrogens (tertiary/aromatic N) is 1. The highest BCUT2D eigenvalue weighted by Gasteiger charge is 2.37. The number of unbranched alkanes of at least 4 members (excludes halogenated alkanes) is 11. The normalized spacial score (nSPS) is 13.3. The molecule has 0 heterocycles. The Morgan fingerprint density at radius 2 is 1.14 bits per heavy atom. The van der Waals surface area contributed by atoms with Gasteiger partial charge in [-0.05, 0) is 69.6 Å². The summed E-state index contributed by atoms with van der Waals surface area (Å²) >= 11 is 0. The van der Waals surface area contributed by atoms with Gasteiger partial charge in [-0.2, -0.15) is 0 Å². The van der Waals surface area contributed by atoms with Crippen LogP contribution in [0, 0.1) is 6.92 Å². The standard InChI is InChI=1S/C31H57NO3S/c1-6-10-14-18-24-32(25-19-15-11-7-2,26-20-16-12-8-3)31(21-17-13-9-4)30-27-29(36(33,34)35)23-22-28(30)5/h22-23,27,31H,6-21,24-26H2,1-5H3. The van der Waals surface area contributed by atoms with Gasteiger partial charge < -0.3 is 9.04 Å². The van der Waals surface area contributed by atoms with Gasteiger partial charge in [0.25, 0.3) is 0 Å². The fourth-order valence-electron chi connectivity index (χ4n) is 5.81. The molecule has 0 bridgehead atoms. The lowest BCUT2D eigenvalue weighted by Crippen LogP contribution is -2.53. The summed E-state index contributed by atoms with van der Waals surface area (Å²) in [6, 6.07) is 5.36. The van der Waals surface area contributed by atoms with E-state index in [9.17, 15) is 13.0 Å². The van der Waals surface area contributed by atoms with Crippen molar-refractivity contribution in [2.24, 2.45) is 0 Å². The van der Waals surface area contributed by atoms with Crippen molar-refractivity contribution < 1.29 is 17.5 Å². The molecule has 0 saturated carbocycles. The summed E-state index contributed by atoms with van der Waals surface area (Å²) in [4.78, 5) is -0.0651. The molecule has 0 spiro atoms. The Morgan fingerprint density at radius 3 is 1.56 bits per heavy atom. The zero-order valence-corrected chi connectivity index (χ0v) is 25.1. The molecule has 1 unspecified atom stereocenters. The smallest absolute Gasteiger partial charge is 0.124 e. The van der Waals surface area contributed by atoms with Gasteiger partial charge >= 0.3 is 0 Å². The molecular weight excluding hydrogens is 466 g/mol. The number of aryl methyl sites for hydroxylation is 1. The summed E-state index contributed by atoms with van der Waals surface area (Å²) in [5.41, 5.74) is 2.23. The van der Waals surface area contributed by atoms with Gasteiger partial charge in [0, 0.05) is 12.0 Å². The van der Waals surface area contributed by atoms with Crippen LogP contribution in [0.2, 0.25) is 0 Å². The van der Waals surface area contributed by atoms with Crippen molar-refractivity contribution in [3.63, 3.8) is 0 Å². The van der Waals surface area contributed by atoms with Crippen molar-refractivity contribution in [1.82, 2.24) is 0 Å². The molecule has 0 aliphatic rings. The fourth-order valence-corrected chi connectivity index (χ4v) is 6.31. The number of quaternary nitrogens is 1. The first-order chi connectivity index (χ1) is 17.3. The topological polar surface area (TPSA) is 57.2 Å². The van der Waals surface area contributed by atoms with Crippen LogP contribution in [-0.2, 0) is 10.1 Å². The van der Waals surface area contributed by atoms with Gasteiger partial charge in [-0.1, -0.05) is 85.1 Å². The molecule has 0 amide bonds. The van der Waals surface area contributed by atoms with Gasteiger partial charge in [0.2, 0.25) is 0 Å². The van der Waals surface area contributed by atoms with Crippen LogP contribution in [0.15, 0.2) is 23.1 Å². The highest BCUT2D eigenvalue weighted by Crippen LogP contribution is 2.38. The molecule has 0 N–H and O–H groups in total. The molecule has 0 aliphatic carbocycles. The predicted molar refractivity (Wildman–Crippen MR) is 153 cm³/mol. The first-order valence-electron chi connectivity index (χ1n) is 15.2. The van der Waals surface area contributed by atoms with Gasteiger partial charge in [0.15, 0.2) is 0 Å². The minimum atomic E-state index is -4.48. The highest BCUT2D eigenvalue weighted by atomic mass is 32.2. The lowest BCUT2D eigenvalue weighted by Gasteiger charge is -2.47. The van der Waals surface area contributed by atoms with Gasteiger partial charge in [0.1, 0.15) is 16.2 Å². The van der Waals surface area contributed by atoms with Gasteiger partial charge in [-0.3, -0.25) is 0 Å². The Bertz CT molecular complexity index is 775. The maximum atomic E-state index is 12.0. The van der Waals surface area contributed by atoms with E-state index in [1.165, 1.54) is 96.0 Å². The minimum absolute atomic E-state index is 0.0651. The third-order valence-electron chi connectivity index (χ3n) is 8.01. The Morgan fingerprint density at radius 1 is 0.694 bits per heavy atom. The quantitative estimate of drug-likeness (QED) is 0.0865. The summed E-state index contributed by atoms with van der Waals surface area (Å²) in [6.07, 6.45) is 19.5. The Labute approximate surface area is 224 Å². The van der Waals surface area contributed by atoms with E-state index < -0.39 is 10.1 Å². The SMILES string of the molecule is CCCCCC[N+](CCCCCC)(CCCCCC)C(CCCCC)c1cc(S(=O)(=O)[O-])ccc1C. The van der Waals surface area contributed by atoms with Crippen molar-refractivity contribution in [3.05, 3.63) is 29.3 Å². The summed E-state index contributed by atoms with van der Waals surface area (Å²) in [6.45, 7) is 14.6. The summed E-state index contributed by atoms with van der Waals surface area (Å²) in [5, 5.41) is 0. The highest BCUT2D eigenvalue weighted by molar-refractivity contribution is 7.85. The summed E-state index contributed by atoms with van der Waals surface area (Å²) < 4.78 is 37.1. The van der Waals surface area contributed by atoms with E-state index in [1.54, 1.807) is 6.07 Å². The lowest BCUT2D eigenvalue weighted by atomic mass is 9.91. The number of hydrogen-bond donors (Lipinski definition) is 0. The van der Waals surface area contributed by atoms with E-state index >= 15 is 0 Å². The second-order valence-corrected chi connectivity index (χ2v) is 12.4. The molecule has 0 aliphatic heterocycles. The first kappa shape index (κ1) is 33.1. The third kappa shape index (κ3) is 11.6. The van der Waals surface area contributed by atoms with Crippen molar-refractivity contribution in [1.29, 1.82) is 0 Å². The Kier molecular flexibility index (Phi) is 16.9. The van der Waals surface area contributed by atoms with Crippen molar-refractivity contribution in [2.45, 2.75) is 148 Å². The van der Waals surface area contributed by atoms with E-state index in [1.807, 2.05) is 6.07 Å². The number of hydrogen-bond acceptors (Lipinski definition) is 3. The third-order valence-corrected chi connectivity index (χ3v) is 8.84. The largest absolute Gasteiger partial charge is 0.744 e. The first-order valence-corrected chi connectivity index (χ1v) is 16.6. The molecule has 4 nitrogen and oxygen atoms in total. The number of benzene rings is 1. The molecule has 210 valence electrons. The van der Waals surface area contributed by atoms with Crippen molar-refractivity contribution in [3.8, 4) is 0 Å². The second kappa shape index (κ2) is 18.4. The van der Waals surface area contributed by atoms with E-state index in [0.717, 1.165) is 48.1 Å². The van der Waals surface area contributed by atoms with Crippen LogP contribution in [0.5, 0.6) is 0 Å². The summed E-state index contributed by atoms with van der Waals surface area (Å²) in [5.74, 6) is 0. The minimum Gasteiger partial charge on any atom is -0.744 e. The monoisotopic (exact) mass is 523 g/mol. The zero-order chi connectivity index (χ0) is 26.9. The lowest BCUT2D eigenvalue weighted by molar-refractivity contribution is -0.958. The Balaban J connectivity index is 3.55. The maximum absolute atomic E-state index is 12.0. The molecule has 1 aromatic carbocycles. The second-order valence-electron chi connectivity index (χ2n) is 11.1. The number of rotatable bonds is 22. The van der Waals surface area contributed by atoms with Gasteiger partial charge in [-0.15, -0.1) is 0 Å². The molecule has 0 aromatic heterocycles. The van der Waals surface area contributed by atoms with Crippen LogP contribution in [0.3, 0.4) is 0 Å². The molecule has 5 heteroatoms. The van der Waals surface area contributed by atoms with Crippen LogP contribution >= 0.6 is 0 Å². The van der Waals surface area contributed by atoms with E-state index in [0.29, 0.717) is 0 Å². The molecule has 0 saturated heterocycles. The van der Waals surface area contributed by atoms with E-state index in [-0.39, 0.29) is 10.9 Å². The average Bonchev–Trinajstić information content (AvgIpc) is 2.84. The molecule has 1 aromatic rings. The molecule has 0 fully saturated rings. The van der Waals surface area contributed by atoms with Crippen LogP contribution in [0.4, 0.5) is 0 Å². The molecule has 36 heavy (non-hydrogen) atoms. The fraction of sp³-hybridized carbons (Fsp3) is 0.806. The van der Waals surface area contributed by atoms with Crippen molar-refractivity contribution in [2.75, 3.05) is 19.6 Å².